The second-order valence-corrected chi connectivity index (χ2v) is 11.5. The van der Waals surface area contributed by atoms with Crippen molar-refractivity contribution in [3.8, 4) is 17.2 Å². The summed E-state index contributed by atoms with van der Waals surface area (Å²) >= 11 is 1.04. The van der Waals surface area contributed by atoms with Crippen LogP contribution in [0.3, 0.4) is 0 Å². The van der Waals surface area contributed by atoms with E-state index in [1.807, 2.05) is 66.2 Å². The maximum atomic E-state index is 11.8. The molecule has 1 aliphatic heterocycles. The first kappa shape index (κ1) is 27.6. The van der Waals surface area contributed by atoms with E-state index in [2.05, 4.69) is 43.1 Å². The predicted molar refractivity (Wildman–Crippen MR) is 159 cm³/mol. The number of anilines is 1. The van der Waals surface area contributed by atoms with Crippen LogP contribution in [0.5, 0.6) is 17.2 Å². The van der Waals surface area contributed by atoms with Crippen LogP contribution in [0.15, 0.2) is 66.7 Å². The Balaban J connectivity index is 1.23. The molecule has 1 aliphatic rings. The van der Waals surface area contributed by atoms with Crippen LogP contribution in [0.25, 0.3) is 11.0 Å². The number of aryl methyl sites for hydroxylation is 1. The van der Waals surface area contributed by atoms with Crippen LogP contribution in [-0.4, -0.2) is 39.0 Å². The minimum atomic E-state index is -0.381. The molecule has 40 heavy (non-hydrogen) atoms. The van der Waals surface area contributed by atoms with Crippen molar-refractivity contribution in [3.63, 3.8) is 0 Å². The number of nitrogens with one attached hydrogen (secondary N) is 1. The molecule has 3 aromatic carbocycles. The summed E-state index contributed by atoms with van der Waals surface area (Å²) in [6.45, 7) is 8.87. The van der Waals surface area contributed by atoms with Gasteiger partial charge in [0.05, 0.1) is 16.3 Å². The van der Waals surface area contributed by atoms with E-state index in [0.717, 1.165) is 64.5 Å². The fourth-order valence-electron chi connectivity index (χ4n) is 4.76. The van der Waals surface area contributed by atoms with Gasteiger partial charge in [-0.2, -0.15) is 0 Å². The molecule has 9 heteroatoms. The summed E-state index contributed by atoms with van der Waals surface area (Å²) in [5, 5.41) is 1.66. The summed E-state index contributed by atoms with van der Waals surface area (Å²) in [5.74, 6) is 3.39. The van der Waals surface area contributed by atoms with Gasteiger partial charge in [0, 0.05) is 38.0 Å². The number of imidazole rings is 1. The molecule has 2 amide bonds. The molecule has 1 atom stereocenters. The maximum absolute atomic E-state index is 11.8. The molecular weight excluding hydrogens is 524 g/mol. The van der Waals surface area contributed by atoms with Gasteiger partial charge in [-0.25, -0.2) is 4.98 Å². The Kier molecular flexibility index (Phi) is 8.30. The van der Waals surface area contributed by atoms with Crippen molar-refractivity contribution in [2.75, 3.05) is 18.0 Å². The number of rotatable bonds is 11. The topological polar surface area (TPSA) is 85.7 Å². The lowest BCUT2D eigenvalue weighted by Gasteiger charge is -2.25. The molecule has 0 radical (unpaired) electrons. The first-order valence-electron chi connectivity index (χ1n) is 13.5. The van der Waals surface area contributed by atoms with E-state index in [1.54, 1.807) is 0 Å². The number of nitrogens with zero attached hydrogens (tertiary/aromatic N) is 3. The number of benzene rings is 3. The normalized spacial score (nSPS) is 15.1. The summed E-state index contributed by atoms with van der Waals surface area (Å²) in [6, 6.07) is 21.7. The molecule has 4 aromatic rings. The Morgan fingerprint density at radius 1 is 1.02 bits per heavy atom. The van der Waals surface area contributed by atoms with Crippen LogP contribution in [0, 0.1) is 5.92 Å². The second-order valence-electron chi connectivity index (χ2n) is 10.3. The number of hydrogen-bond donors (Lipinski definition) is 1. The monoisotopic (exact) mass is 558 g/mol. The fourth-order valence-corrected chi connectivity index (χ4v) is 5.62. The summed E-state index contributed by atoms with van der Waals surface area (Å²) in [6.07, 6.45) is 0.497. The molecule has 5 rings (SSSR count). The SMILES string of the molecule is CCN(CC(C)C)c1cccc(Oc2ccc3nc(COc4ccc(CC5SC(=O)NC5=O)cc4)n(C)c3c2)c1. The summed E-state index contributed by atoms with van der Waals surface area (Å²) in [4.78, 5) is 30.3. The molecule has 2 heterocycles. The Morgan fingerprint density at radius 2 is 1.77 bits per heavy atom. The number of carbonyl (C=O) groups excluding carboxylic acids is 2. The second kappa shape index (κ2) is 12.0. The van der Waals surface area contributed by atoms with Crippen LogP contribution in [0.2, 0.25) is 0 Å². The van der Waals surface area contributed by atoms with E-state index in [-0.39, 0.29) is 16.4 Å². The average Bonchev–Trinajstić information content (AvgIpc) is 3.43. The van der Waals surface area contributed by atoms with Gasteiger partial charge in [-0.1, -0.05) is 43.8 Å². The van der Waals surface area contributed by atoms with Crippen molar-refractivity contribution in [1.29, 1.82) is 0 Å². The Labute approximate surface area is 238 Å². The highest BCUT2D eigenvalue weighted by Crippen LogP contribution is 2.29. The highest BCUT2D eigenvalue weighted by Gasteiger charge is 2.31. The lowest BCUT2D eigenvalue weighted by atomic mass is 10.1. The van der Waals surface area contributed by atoms with E-state index in [4.69, 9.17) is 14.5 Å². The summed E-state index contributed by atoms with van der Waals surface area (Å²) in [5.41, 5.74) is 3.95. The predicted octanol–water partition coefficient (Wildman–Crippen LogP) is 6.32. The minimum absolute atomic E-state index is 0.232. The smallest absolute Gasteiger partial charge is 0.286 e. The van der Waals surface area contributed by atoms with Gasteiger partial charge in [0.1, 0.15) is 29.7 Å². The molecule has 8 nitrogen and oxygen atoms in total. The van der Waals surface area contributed by atoms with Gasteiger partial charge < -0.3 is 18.9 Å². The number of hydrogen-bond acceptors (Lipinski definition) is 7. The highest BCUT2D eigenvalue weighted by atomic mass is 32.2. The zero-order chi connectivity index (χ0) is 28.2. The number of imide groups is 1. The molecule has 1 fully saturated rings. The third-order valence-corrected chi connectivity index (χ3v) is 7.79. The van der Waals surface area contributed by atoms with Crippen molar-refractivity contribution in [2.45, 2.75) is 39.0 Å². The van der Waals surface area contributed by atoms with Gasteiger partial charge in [0.2, 0.25) is 5.91 Å². The molecule has 208 valence electrons. The van der Waals surface area contributed by atoms with Gasteiger partial charge in [-0.3, -0.25) is 14.9 Å². The van der Waals surface area contributed by atoms with E-state index in [0.29, 0.717) is 24.7 Å². The van der Waals surface area contributed by atoms with Crippen molar-refractivity contribution in [2.24, 2.45) is 13.0 Å². The number of amides is 2. The number of carbonyl (C=O) groups is 2. The zero-order valence-corrected chi connectivity index (χ0v) is 24.0. The fraction of sp³-hybridized carbons (Fsp3) is 0.323. The van der Waals surface area contributed by atoms with Gasteiger partial charge in [0.25, 0.3) is 5.24 Å². The number of thioether (sulfide) groups is 1. The van der Waals surface area contributed by atoms with Crippen LogP contribution >= 0.6 is 11.8 Å². The lowest BCUT2D eigenvalue weighted by molar-refractivity contribution is -0.118. The molecule has 1 unspecified atom stereocenters. The summed E-state index contributed by atoms with van der Waals surface area (Å²) in [7, 11) is 1.97. The van der Waals surface area contributed by atoms with Crippen LogP contribution in [0.1, 0.15) is 32.2 Å². The van der Waals surface area contributed by atoms with Gasteiger partial charge >= 0.3 is 0 Å². The number of ether oxygens (including phenoxy) is 2. The van der Waals surface area contributed by atoms with E-state index in [9.17, 15) is 9.59 Å². The Hall–Kier alpha value is -3.98. The summed E-state index contributed by atoms with van der Waals surface area (Å²) < 4.78 is 14.3. The molecule has 1 N–H and O–H groups in total. The largest absolute Gasteiger partial charge is 0.486 e. The van der Waals surface area contributed by atoms with E-state index >= 15 is 0 Å². The first-order chi connectivity index (χ1) is 19.3. The molecule has 1 aromatic heterocycles. The first-order valence-corrected chi connectivity index (χ1v) is 14.4. The number of aromatic nitrogens is 2. The molecular formula is C31H34N4O4S. The standard InChI is InChI=1S/C31H34N4O4S/c1-5-35(18-20(2)3)22-7-6-8-24(16-22)39-25-13-14-26-27(17-25)34(4)29(32-26)19-38-23-11-9-21(10-12-23)15-28-30(36)33-31(37)40-28/h6-14,16-17,20,28H,5,15,18-19H2,1-4H3,(H,33,36,37). The molecule has 0 aliphatic carbocycles. The molecule has 0 bridgehead atoms. The third kappa shape index (κ3) is 6.42. The third-order valence-electron chi connectivity index (χ3n) is 6.81. The van der Waals surface area contributed by atoms with Crippen molar-refractivity contribution in [1.82, 2.24) is 14.9 Å². The highest BCUT2D eigenvalue weighted by molar-refractivity contribution is 8.15. The van der Waals surface area contributed by atoms with Crippen LogP contribution < -0.4 is 19.7 Å². The van der Waals surface area contributed by atoms with E-state index < -0.39 is 0 Å². The van der Waals surface area contributed by atoms with Crippen LogP contribution in [0.4, 0.5) is 10.5 Å². The van der Waals surface area contributed by atoms with Crippen molar-refractivity contribution < 1.29 is 19.1 Å². The van der Waals surface area contributed by atoms with Gasteiger partial charge in [-0.15, -0.1) is 0 Å². The Bertz CT molecular complexity index is 1520. The minimum Gasteiger partial charge on any atom is -0.486 e. The molecule has 0 saturated carbocycles. The van der Waals surface area contributed by atoms with Gasteiger partial charge in [-0.05, 0) is 61.2 Å². The molecule has 0 spiro atoms. The Morgan fingerprint density at radius 3 is 2.48 bits per heavy atom. The molecule has 1 saturated heterocycles. The zero-order valence-electron chi connectivity index (χ0n) is 23.2. The average molecular weight is 559 g/mol. The quantitative estimate of drug-likeness (QED) is 0.231. The van der Waals surface area contributed by atoms with Crippen LogP contribution in [-0.2, 0) is 24.9 Å². The maximum Gasteiger partial charge on any atom is 0.286 e. The van der Waals surface area contributed by atoms with Crippen molar-refractivity contribution in [3.05, 3.63) is 78.1 Å². The van der Waals surface area contributed by atoms with Crippen molar-refractivity contribution >= 4 is 39.6 Å². The van der Waals surface area contributed by atoms with E-state index in [1.165, 1.54) is 0 Å². The number of fused-ring (bicyclic) bond motifs is 1. The lowest BCUT2D eigenvalue weighted by Crippen LogP contribution is -2.27. The van der Waals surface area contributed by atoms with Gasteiger partial charge in [0.15, 0.2) is 0 Å².